The van der Waals surface area contributed by atoms with Crippen LogP contribution in [0.4, 0.5) is 0 Å². The van der Waals surface area contributed by atoms with E-state index in [0.717, 1.165) is 24.2 Å². The standard InChI is InChI=1S/C20H28N4O3/c1-11-15-13(17(25)23(7)20(5,6)18(26)27)10-14(12-8-9-12)21-16(15)24(22-11)19(2,3)4/h10,12H,8-9H2,1-7H3,(H,26,27). The van der Waals surface area contributed by atoms with Gasteiger partial charge in [0, 0.05) is 18.7 Å². The molecule has 2 heterocycles. The van der Waals surface area contributed by atoms with Crippen molar-refractivity contribution in [2.24, 2.45) is 0 Å². The summed E-state index contributed by atoms with van der Waals surface area (Å²) in [5, 5.41) is 14.9. The maximum atomic E-state index is 13.3. The zero-order valence-electron chi connectivity index (χ0n) is 17.1. The Morgan fingerprint density at radius 3 is 2.30 bits per heavy atom. The molecule has 1 aliphatic rings. The SMILES string of the molecule is Cc1nn(C(C)(C)C)c2nc(C3CC3)cc(C(=O)N(C)C(C)(C)C(=O)O)c12. The highest BCUT2D eigenvalue weighted by atomic mass is 16.4. The number of carboxylic acids is 1. The van der Waals surface area contributed by atoms with Crippen LogP contribution < -0.4 is 0 Å². The van der Waals surface area contributed by atoms with Crippen LogP contribution in [0.3, 0.4) is 0 Å². The van der Waals surface area contributed by atoms with Crippen LogP contribution in [-0.2, 0) is 10.3 Å². The van der Waals surface area contributed by atoms with Crippen LogP contribution in [0.5, 0.6) is 0 Å². The van der Waals surface area contributed by atoms with Crippen molar-refractivity contribution in [3.63, 3.8) is 0 Å². The van der Waals surface area contributed by atoms with E-state index in [1.54, 1.807) is 0 Å². The van der Waals surface area contributed by atoms with E-state index in [-0.39, 0.29) is 11.4 Å². The molecule has 2 aromatic rings. The molecule has 0 bridgehead atoms. The molecule has 27 heavy (non-hydrogen) atoms. The molecular formula is C20H28N4O3. The molecule has 0 aliphatic heterocycles. The molecule has 3 rings (SSSR count). The lowest BCUT2D eigenvalue weighted by atomic mass is 10.0. The maximum Gasteiger partial charge on any atom is 0.329 e. The van der Waals surface area contributed by atoms with Gasteiger partial charge in [0.25, 0.3) is 5.91 Å². The van der Waals surface area contributed by atoms with Crippen LogP contribution in [0.2, 0.25) is 0 Å². The summed E-state index contributed by atoms with van der Waals surface area (Å²) in [6, 6.07) is 1.83. The Labute approximate surface area is 159 Å². The smallest absolute Gasteiger partial charge is 0.329 e. The molecule has 146 valence electrons. The van der Waals surface area contributed by atoms with Crippen LogP contribution in [0, 0.1) is 6.92 Å². The van der Waals surface area contributed by atoms with E-state index in [9.17, 15) is 14.7 Å². The fourth-order valence-electron chi connectivity index (χ4n) is 3.11. The van der Waals surface area contributed by atoms with E-state index in [1.807, 2.05) is 38.4 Å². The number of aliphatic carboxylic acids is 1. The molecule has 0 spiro atoms. The van der Waals surface area contributed by atoms with E-state index >= 15 is 0 Å². The largest absolute Gasteiger partial charge is 0.480 e. The minimum Gasteiger partial charge on any atom is -0.480 e. The van der Waals surface area contributed by atoms with Crippen molar-refractivity contribution >= 4 is 22.9 Å². The maximum absolute atomic E-state index is 13.3. The van der Waals surface area contributed by atoms with Crippen molar-refractivity contribution in [2.45, 2.75) is 71.4 Å². The van der Waals surface area contributed by atoms with E-state index < -0.39 is 11.5 Å². The quantitative estimate of drug-likeness (QED) is 0.889. The van der Waals surface area contributed by atoms with Crippen molar-refractivity contribution in [2.75, 3.05) is 7.05 Å². The number of aromatic nitrogens is 3. The van der Waals surface area contributed by atoms with E-state index in [1.165, 1.54) is 25.8 Å². The van der Waals surface area contributed by atoms with E-state index in [2.05, 4.69) is 5.10 Å². The van der Waals surface area contributed by atoms with Crippen molar-refractivity contribution in [3.8, 4) is 0 Å². The van der Waals surface area contributed by atoms with Gasteiger partial charge in [0.2, 0.25) is 0 Å². The number of carbonyl (C=O) groups is 2. The normalized spacial score (nSPS) is 15.2. The molecule has 0 atom stereocenters. The second-order valence-electron chi connectivity index (χ2n) is 8.96. The summed E-state index contributed by atoms with van der Waals surface area (Å²) >= 11 is 0. The molecular weight excluding hydrogens is 344 g/mol. The zero-order chi connectivity index (χ0) is 20.3. The summed E-state index contributed by atoms with van der Waals surface area (Å²) in [4.78, 5) is 31.1. The molecule has 1 fully saturated rings. The van der Waals surface area contributed by atoms with E-state index in [4.69, 9.17) is 4.98 Å². The highest BCUT2D eigenvalue weighted by molar-refractivity contribution is 6.08. The third kappa shape index (κ3) is 3.19. The van der Waals surface area contributed by atoms with E-state index in [0.29, 0.717) is 22.5 Å². The number of amides is 1. The predicted molar refractivity (Wildman–Crippen MR) is 103 cm³/mol. The lowest BCUT2D eigenvalue weighted by molar-refractivity contribution is -0.147. The number of carboxylic acid groups (broad SMARTS) is 1. The molecule has 7 heteroatoms. The Kier molecular flexibility index (Phi) is 4.32. The molecule has 0 aromatic carbocycles. The number of hydrogen-bond acceptors (Lipinski definition) is 4. The first-order valence-electron chi connectivity index (χ1n) is 9.28. The van der Waals surface area contributed by atoms with Crippen LogP contribution in [0.1, 0.15) is 75.1 Å². The Hall–Kier alpha value is -2.44. The second-order valence-corrected chi connectivity index (χ2v) is 8.96. The number of carbonyl (C=O) groups excluding carboxylic acids is 1. The number of hydrogen-bond donors (Lipinski definition) is 1. The second kappa shape index (κ2) is 6.04. The van der Waals surface area contributed by atoms with Gasteiger partial charge >= 0.3 is 5.97 Å². The fraction of sp³-hybridized carbons (Fsp3) is 0.600. The number of aryl methyl sites for hydroxylation is 1. The number of rotatable bonds is 4. The van der Waals surface area contributed by atoms with Gasteiger partial charge in [-0.05, 0) is 60.5 Å². The van der Waals surface area contributed by atoms with Gasteiger partial charge in [-0.3, -0.25) is 4.79 Å². The molecule has 1 N–H and O–H groups in total. The Morgan fingerprint density at radius 2 is 1.81 bits per heavy atom. The lowest BCUT2D eigenvalue weighted by Gasteiger charge is -2.32. The molecule has 1 amide bonds. The number of fused-ring (bicyclic) bond motifs is 1. The van der Waals surface area contributed by atoms with Gasteiger partial charge in [0.15, 0.2) is 5.65 Å². The van der Waals surface area contributed by atoms with Crippen molar-refractivity contribution < 1.29 is 14.7 Å². The fourth-order valence-corrected chi connectivity index (χ4v) is 3.11. The Bertz CT molecular complexity index is 933. The van der Waals surface area contributed by atoms with Crippen molar-refractivity contribution in [1.29, 1.82) is 0 Å². The predicted octanol–water partition coefficient (Wildman–Crippen LogP) is 3.31. The van der Waals surface area contributed by atoms with Gasteiger partial charge in [0.05, 0.1) is 22.2 Å². The first kappa shape index (κ1) is 19.3. The summed E-state index contributed by atoms with van der Waals surface area (Å²) < 4.78 is 1.86. The number of pyridine rings is 1. The lowest BCUT2D eigenvalue weighted by Crippen LogP contribution is -2.50. The minimum atomic E-state index is -1.32. The molecule has 1 aliphatic carbocycles. The molecule has 1 saturated carbocycles. The van der Waals surface area contributed by atoms with Crippen molar-refractivity contribution in [1.82, 2.24) is 19.7 Å². The Morgan fingerprint density at radius 1 is 1.22 bits per heavy atom. The summed E-state index contributed by atoms with van der Waals surface area (Å²) in [6.07, 6.45) is 2.12. The topological polar surface area (TPSA) is 88.3 Å². The van der Waals surface area contributed by atoms with Gasteiger partial charge in [-0.1, -0.05) is 0 Å². The van der Waals surface area contributed by atoms with Gasteiger partial charge < -0.3 is 10.0 Å². The van der Waals surface area contributed by atoms with Crippen LogP contribution in [0.25, 0.3) is 11.0 Å². The number of nitrogens with zero attached hydrogens (tertiary/aromatic N) is 4. The first-order chi connectivity index (χ1) is 12.4. The molecule has 0 saturated heterocycles. The zero-order valence-corrected chi connectivity index (χ0v) is 17.1. The minimum absolute atomic E-state index is 0.283. The molecule has 0 radical (unpaired) electrons. The highest BCUT2D eigenvalue weighted by Gasteiger charge is 2.38. The molecule has 0 unspecified atom stereocenters. The van der Waals surface area contributed by atoms with Gasteiger partial charge in [-0.25, -0.2) is 14.5 Å². The third-order valence-corrected chi connectivity index (χ3v) is 5.36. The average Bonchev–Trinajstić information content (AvgIpc) is 3.35. The van der Waals surface area contributed by atoms with Crippen LogP contribution in [-0.4, -0.2) is 49.2 Å². The van der Waals surface area contributed by atoms with Gasteiger partial charge in [0.1, 0.15) is 5.54 Å². The molecule has 7 nitrogen and oxygen atoms in total. The van der Waals surface area contributed by atoms with Gasteiger partial charge in [-0.15, -0.1) is 0 Å². The van der Waals surface area contributed by atoms with Crippen LogP contribution in [0.15, 0.2) is 6.07 Å². The number of likely N-dealkylation sites (N-methyl/N-ethyl adjacent to an activating group) is 1. The van der Waals surface area contributed by atoms with Crippen molar-refractivity contribution in [3.05, 3.63) is 23.0 Å². The third-order valence-electron chi connectivity index (χ3n) is 5.36. The molecule has 2 aromatic heterocycles. The average molecular weight is 372 g/mol. The Balaban J connectivity index is 2.24. The summed E-state index contributed by atoms with van der Waals surface area (Å²) in [5.74, 6) is -1.01. The summed E-state index contributed by atoms with van der Waals surface area (Å²) in [5.41, 5.74) is 1.17. The highest BCUT2D eigenvalue weighted by Crippen LogP contribution is 2.41. The summed E-state index contributed by atoms with van der Waals surface area (Å²) in [7, 11) is 1.53. The summed E-state index contributed by atoms with van der Waals surface area (Å²) in [6.45, 7) is 11.1. The first-order valence-corrected chi connectivity index (χ1v) is 9.28. The monoisotopic (exact) mass is 372 g/mol. The van der Waals surface area contributed by atoms with Crippen LogP contribution >= 0.6 is 0 Å². The van der Waals surface area contributed by atoms with Gasteiger partial charge in [-0.2, -0.15) is 5.10 Å².